The number of amides is 1. The first-order chi connectivity index (χ1) is 9.84. The van der Waals surface area contributed by atoms with Gasteiger partial charge in [-0.25, -0.2) is 0 Å². The van der Waals surface area contributed by atoms with Crippen LogP contribution in [0, 0.1) is 10.1 Å². The Balaban J connectivity index is 2.20. The van der Waals surface area contributed by atoms with Crippen LogP contribution in [0.4, 0.5) is 5.69 Å². The van der Waals surface area contributed by atoms with Crippen molar-refractivity contribution in [2.45, 2.75) is 45.3 Å². The maximum Gasteiger partial charge on any atom is 0.287 e. The Morgan fingerprint density at radius 2 is 2.10 bits per heavy atom. The summed E-state index contributed by atoms with van der Waals surface area (Å²) >= 11 is 0. The highest BCUT2D eigenvalue weighted by Crippen LogP contribution is 2.24. The minimum absolute atomic E-state index is 0.0594. The van der Waals surface area contributed by atoms with E-state index in [1.165, 1.54) is 12.3 Å². The summed E-state index contributed by atoms with van der Waals surface area (Å²) in [5.74, 6) is -0.202. The van der Waals surface area contributed by atoms with Crippen LogP contribution in [-0.4, -0.2) is 44.1 Å². The predicted octanol–water partition coefficient (Wildman–Crippen LogP) is 1.79. The van der Waals surface area contributed by atoms with E-state index in [-0.39, 0.29) is 11.6 Å². The Hall–Kier alpha value is -1.89. The lowest BCUT2D eigenvalue weighted by Crippen LogP contribution is -2.45. The first-order valence-electron chi connectivity index (χ1n) is 7.20. The summed E-state index contributed by atoms with van der Waals surface area (Å²) in [5, 5.41) is 20.8. The minimum Gasteiger partial charge on any atom is -0.390 e. The Morgan fingerprint density at radius 1 is 1.48 bits per heavy atom. The summed E-state index contributed by atoms with van der Waals surface area (Å²) in [7, 11) is 0. The van der Waals surface area contributed by atoms with Gasteiger partial charge < -0.3 is 14.6 Å². The van der Waals surface area contributed by atoms with Crippen LogP contribution in [0.3, 0.4) is 0 Å². The van der Waals surface area contributed by atoms with Crippen molar-refractivity contribution in [1.29, 1.82) is 0 Å². The molecule has 1 saturated heterocycles. The minimum atomic E-state index is -0.728. The fraction of sp³-hybridized carbons (Fsp3) is 0.643. The number of nitro groups is 1. The number of aromatic nitrogens is 1. The van der Waals surface area contributed by atoms with Gasteiger partial charge in [0.15, 0.2) is 0 Å². The highest BCUT2D eigenvalue weighted by atomic mass is 16.6. The molecule has 21 heavy (non-hydrogen) atoms. The molecule has 1 aromatic heterocycles. The molecule has 0 bridgehead atoms. The van der Waals surface area contributed by atoms with E-state index in [1.807, 2.05) is 6.92 Å². The van der Waals surface area contributed by atoms with Crippen LogP contribution in [0.15, 0.2) is 12.3 Å². The van der Waals surface area contributed by atoms with E-state index in [4.69, 9.17) is 0 Å². The highest BCUT2D eigenvalue weighted by Gasteiger charge is 2.31. The van der Waals surface area contributed by atoms with E-state index in [0.717, 1.165) is 6.42 Å². The van der Waals surface area contributed by atoms with Crippen molar-refractivity contribution in [3.05, 3.63) is 28.1 Å². The van der Waals surface area contributed by atoms with E-state index in [0.29, 0.717) is 38.2 Å². The van der Waals surface area contributed by atoms with Crippen molar-refractivity contribution >= 4 is 11.6 Å². The fourth-order valence-electron chi connectivity index (χ4n) is 2.55. The van der Waals surface area contributed by atoms with Gasteiger partial charge in [0.1, 0.15) is 5.69 Å². The molecule has 0 aromatic carbocycles. The zero-order chi connectivity index (χ0) is 15.6. The molecule has 116 valence electrons. The number of aryl methyl sites for hydroxylation is 1. The Kier molecular flexibility index (Phi) is 4.32. The van der Waals surface area contributed by atoms with Crippen LogP contribution < -0.4 is 0 Å². The third kappa shape index (κ3) is 3.41. The molecule has 7 heteroatoms. The SMILES string of the molecule is CCCn1cc([N+](=O)[O-])cc1C(=O)N1CCC(C)(O)CC1. The van der Waals surface area contributed by atoms with E-state index in [2.05, 4.69) is 0 Å². The average molecular weight is 295 g/mol. The van der Waals surface area contributed by atoms with E-state index in [9.17, 15) is 20.0 Å². The molecule has 2 rings (SSSR count). The Morgan fingerprint density at radius 3 is 2.62 bits per heavy atom. The van der Waals surface area contributed by atoms with Crippen LogP contribution >= 0.6 is 0 Å². The number of carbonyl (C=O) groups excluding carboxylic acids is 1. The molecule has 7 nitrogen and oxygen atoms in total. The normalized spacial score (nSPS) is 17.8. The number of hydrogen-bond acceptors (Lipinski definition) is 4. The van der Waals surface area contributed by atoms with E-state index < -0.39 is 10.5 Å². The van der Waals surface area contributed by atoms with Gasteiger partial charge in [0.25, 0.3) is 11.6 Å². The van der Waals surface area contributed by atoms with Gasteiger partial charge in [-0.1, -0.05) is 6.92 Å². The van der Waals surface area contributed by atoms with E-state index >= 15 is 0 Å². The number of nitrogens with zero attached hydrogens (tertiary/aromatic N) is 3. The van der Waals surface area contributed by atoms with Gasteiger partial charge in [0.05, 0.1) is 16.7 Å². The number of carbonyl (C=O) groups is 1. The van der Waals surface area contributed by atoms with Crippen LogP contribution in [0.25, 0.3) is 0 Å². The lowest BCUT2D eigenvalue weighted by molar-refractivity contribution is -0.384. The maximum absolute atomic E-state index is 12.5. The highest BCUT2D eigenvalue weighted by molar-refractivity contribution is 5.93. The van der Waals surface area contributed by atoms with Crippen molar-refractivity contribution in [3.63, 3.8) is 0 Å². The summed E-state index contributed by atoms with van der Waals surface area (Å²) in [6.45, 7) is 5.23. The molecule has 0 aliphatic carbocycles. The standard InChI is InChI=1S/C14H21N3O4/c1-3-6-16-10-11(17(20)21)9-12(16)13(18)15-7-4-14(2,19)5-8-15/h9-10,19H,3-8H2,1-2H3. The molecule has 1 amide bonds. The molecule has 1 fully saturated rings. The van der Waals surface area contributed by atoms with Crippen molar-refractivity contribution in [1.82, 2.24) is 9.47 Å². The maximum atomic E-state index is 12.5. The summed E-state index contributed by atoms with van der Waals surface area (Å²) < 4.78 is 1.65. The van der Waals surface area contributed by atoms with Crippen LogP contribution in [0.5, 0.6) is 0 Å². The summed E-state index contributed by atoms with van der Waals surface area (Å²) in [6.07, 6.45) is 3.25. The average Bonchev–Trinajstić information content (AvgIpc) is 2.83. The Bertz CT molecular complexity index is 540. The first kappa shape index (κ1) is 15.5. The van der Waals surface area contributed by atoms with Crippen LogP contribution in [0.2, 0.25) is 0 Å². The van der Waals surface area contributed by atoms with Crippen molar-refractivity contribution < 1.29 is 14.8 Å². The van der Waals surface area contributed by atoms with Gasteiger partial charge in [-0.15, -0.1) is 0 Å². The van der Waals surface area contributed by atoms with Crippen molar-refractivity contribution in [3.8, 4) is 0 Å². The van der Waals surface area contributed by atoms with Gasteiger partial charge in [0.2, 0.25) is 0 Å². The van der Waals surface area contributed by atoms with Crippen LogP contribution in [0.1, 0.15) is 43.6 Å². The second-order valence-corrected chi connectivity index (χ2v) is 5.82. The van der Waals surface area contributed by atoms with Gasteiger partial charge >= 0.3 is 0 Å². The monoisotopic (exact) mass is 295 g/mol. The first-order valence-corrected chi connectivity index (χ1v) is 7.20. The zero-order valence-corrected chi connectivity index (χ0v) is 12.4. The third-order valence-electron chi connectivity index (χ3n) is 3.90. The Labute approximate surface area is 123 Å². The second kappa shape index (κ2) is 5.85. The van der Waals surface area contributed by atoms with Crippen LogP contribution in [-0.2, 0) is 6.54 Å². The van der Waals surface area contributed by atoms with Gasteiger partial charge in [0, 0.05) is 25.7 Å². The fourth-order valence-corrected chi connectivity index (χ4v) is 2.55. The number of piperidine rings is 1. The van der Waals surface area contributed by atoms with Gasteiger partial charge in [-0.3, -0.25) is 14.9 Å². The molecular formula is C14H21N3O4. The molecule has 1 N–H and O–H groups in total. The predicted molar refractivity (Wildman–Crippen MR) is 77.1 cm³/mol. The third-order valence-corrected chi connectivity index (χ3v) is 3.90. The summed E-state index contributed by atoms with van der Waals surface area (Å²) in [5.41, 5.74) is -0.435. The number of aliphatic hydroxyl groups is 1. The topological polar surface area (TPSA) is 88.6 Å². The zero-order valence-electron chi connectivity index (χ0n) is 12.4. The molecule has 0 saturated carbocycles. The lowest BCUT2D eigenvalue weighted by atomic mass is 9.94. The molecule has 2 heterocycles. The number of hydrogen-bond donors (Lipinski definition) is 1. The molecule has 1 aliphatic heterocycles. The lowest BCUT2D eigenvalue weighted by Gasteiger charge is -2.35. The molecule has 1 aromatic rings. The smallest absolute Gasteiger partial charge is 0.287 e. The molecule has 1 aliphatic rings. The van der Waals surface area contributed by atoms with Crippen molar-refractivity contribution in [2.24, 2.45) is 0 Å². The molecule has 0 spiro atoms. The second-order valence-electron chi connectivity index (χ2n) is 5.82. The molecular weight excluding hydrogens is 274 g/mol. The summed E-state index contributed by atoms with van der Waals surface area (Å²) in [4.78, 5) is 24.6. The number of rotatable bonds is 4. The number of likely N-dealkylation sites (tertiary alicyclic amines) is 1. The van der Waals surface area contributed by atoms with Gasteiger partial charge in [-0.05, 0) is 26.2 Å². The largest absolute Gasteiger partial charge is 0.390 e. The van der Waals surface area contributed by atoms with Gasteiger partial charge in [-0.2, -0.15) is 0 Å². The molecule has 0 unspecified atom stereocenters. The molecule has 0 atom stereocenters. The summed E-state index contributed by atoms with van der Waals surface area (Å²) in [6, 6.07) is 1.34. The van der Waals surface area contributed by atoms with E-state index in [1.54, 1.807) is 16.4 Å². The molecule has 0 radical (unpaired) electrons. The quantitative estimate of drug-likeness (QED) is 0.677. The van der Waals surface area contributed by atoms with Crippen molar-refractivity contribution in [2.75, 3.05) is 13.1 Å².